The van der Waals surface area contributed by atoms with Gasteiger partial charge in [0, 0.05) is 5.75 Å². The lowest BCUT2D eigenvalue weighted by atomic mass is 9.68. The minimum absolute atomic E-state index is 0.0448. The highest BCUT2D eigenvalue weighted by atomic mass is 32.2. The molecule has 1 nitrogen and oxygen atoms in total. The summed E-state index contributed by atoms with van der Waals surface area (Å²) in [6, 6.07) is 6.39. The fourth-order valence-corrected chi connectivity index (χ4v) is 4.21. The molecular formula is C15H22OS. The van der Waals surface area contributed by atoms with Crippen LogP contribution in [0.3, 0.4) is 0 Å². The van der Waals surface area contributed by atoms with Gasteiger partial charge in [-0.25, -0.2) is 0 Å². The highest BCUT2D eigenvalue weighted by Gasteiger charge is 2.47. The molecule has 1 unspecified atom stereocenters. The summed E-state index contributed by atoms with van der Waals surface area (Å²) in [6.07, 6.45) is 1.07. The van der Waals surface area contributed by atoms with Gasteiger partial charge in [-0.2, -0.15) is 11.8 Å². The third kappa shape index (κ3) is 2.13. The second-order valence-corrected chi connectivity index (χ2v) is 6.97. The predicted molar refractivity (Wildman–Crippen MR) is 75.5 cm³/mol. The van der Waals surface area contributed by atoms with Crippen molar-refractivity contribution in [3.05, 3.63) is 34.9 Å². The van der Waals surface area contributed by atoms with Gasteiger partial charge in [0.2, 0.25) is 0 Å². The molecule has 1 heterocycles. The van der Waals surface area contributed by atoms with Crippen LogP contribution in [0, 0.1) is 19.3 Å². The highest BCUT2D eigenvalue weighted by Crippen LogP contribution is 2.49. The number of aryl methyl sites for hydroxylation is 2. The molecule has 1 fully saturated rings. The first-order valence-corrected chi connectivity index (χ1v) is 7.40. The smallest absolute Gasteiger partial charge is 0.104 e. The Morgan fingerprint density at radius 1 is 1.24 bits per heavy atom. The van der Waals surface area contributed by atoms with Crippen molar-refractivity contribution in [1.29, 1.82) is 0 Å². The molecule has 1 N–H and O–H groups in total. The van der Waals surface area contributed by atoms with Gasteiger partial charge in [-0.3, -0.25) is 0 Å². The van der Waals surface area contributed by atoms with Crippen molar-refractivity contribution < 1.29 is 5.11 Å². The van der Waals surface area contributed by atoms with Crippen molar-refractivity contribution in [1.82, 2.24) is 0 Å². The minimum Gasteiger partial charge on any atom is -0.384 e. The van der Waals surface area contributed by atoms with Crippen LogP contribution < -0.4 is 0 Å². The zero-order valence-electron chi connectivity index (χ0n) is 11.2. The van der Waals surface area contributed by atoms with Crippen LogP contribution in [-0.2, 0) is 5.60 Å². The molecule has 0 radical (unpaired) electrons. The summed E-state index contributed by atoms with van der Waals surface area (Å²) in [4.78, 5) is 0. The van der Waals surface area contributed by atoms with E-state index >= 15 is 0 Å². The van der Waals surface area contributed by atoms with Gasteiger partial charge in [-0.05, 0) is 42.6 Å². The van der Waals surface area contributed by atoms with Crippen LogP contribution in [-0.4, -0.2) is 16.6 Å². The van der Waals surface area contributed by atoms with Crippen LogP contribution >= 0.6 is 11.8 Å². The first kappa shape index (κ1) is 13.0. The lowest BCUT2D eigenvalue weighted by Gasteiger charge is -2.47. The lowest BCUT2D eigenvalue weighted by molar-refractivity contribution is -0.0583. The maximum atomic E-state index is 11.2. The van der Waals surface area contributed by atoms with Crippen molar-refractivity contribution in [3.8, 4) is 0 Å². The van der Waals surface area contributed by atoms with E-state index in [1.54, 1.807) is 0 Å². The minimum atomic E-state index is -0.688. The molecule has 94 valence electrons. The van der Waals surface area contributed by atoms with Crippen molar-refractivity contribution in [3.63, 3.8) is 0 Å². The van der Waals surface area contributed by atoms with E-state index in [2.05, 4.69) is 45.9 Å². The van der Waals surface area contributed by atoms with Gasteiger partial charge in [-0.1, -0.05) is 37.6 Å². The largest absolute Gasteiger partial charge is 0.384 e. The van der Waals surface area contributed by atoms with Gasteiger partial charge in [0.15, 0.2) is 0 Å². The molecule has 0 saturated carbocycles. The van der Waals surface area contributed by atoms with Crippen molar-refractivity contribution in [2.45, 2.75) is 39.7 Å². The molecular weight excluding hydrogens is 228 g/mol. The lowest BCUT2D eigenvalue weighted by Crippen LogP contribution is -2.47. The molecule has 1 atom stereocenters. The van der Waals surface area contributed by atoms with Crippen molar-refractivity contribution in [2.24, 2.45) is 5.41 Å². The summed E-state index contributed by atoms with van der Waals surface area (Å²) < 4.78 is 0. The molecule has 1 aromatic rings. The summed E-state index contributed by atoms with van der Waals surface area (Å²) >= 11 is 1.86. The van der Waals surface area contributed by atoms with Gasteiger partial charge in [0.1, 0.15) is 5.60 Å². The topological polar surface area (TPSA) is 20.2 Å². The van der Waals surface area contributed by atoms with Gasteiger partial charge in [-0.15, -0.1) is 0 Å². The van der Waals surface area contributed by atoms with Gasteiger partial charge >= 0.3 is 0 Å². The van der Waals surface area contributed by atoms with E-state index in [-0.39, 0.29) is 5.41 Å². The third-order valence-corrected chi connectivity index (χ3v) is 5.26. The Labute approximate surface area is 109 Å². The molecule has 1 saturated heterocycles. The maximum Gasteiger partial charge on any atom is 0.104 e. The number of hydrogen-bond acceptors (Lipinski definition) is 2. The molecule has 2 heteroatoms. The molecule has 17 heavy (non-hydrogen) atoms. The molecule has 2 rings (SSSR count). The molecule has 0 spiro atoms. The predicted octanol–water partition coefficient (Wildman–Crippen LogP) is 3.65. The van der Waals surface area contributed by atoms with E-state index in [0.29, 0.717) is 0 Å². The van der Waals surface area contributed by atoms with E-state index in [1.165, 1.54) is 11.1 Å². The summed E-state index contributed by atoms with van der Waals surface area (Å²) in [6.45, 7) is 8.57. The number of thioether (sulfide) groups is 1. The summed E-state index contributed by atoms with van der Waals surface area (Å²) in [5.74, 6) is 1.96. The van der Waals surface area contributed by atoms with Crippen LogP contribution in [0.25, 0.3) is 0 Å². The van der Waals surface area contributed by atoms with Crippen LogP contribution in [0.15, 0.2) is 18.2 Å². The fourth-order valence-electron chi connectivity index (χ4n) is 2.57. The van der Waals surface area contributed by atoms with Gasteiger partial charge < -0.3 is 5.11 Å². The van der Waals surface area contributed by atoms with Crippen molar-refractivity contribution >= 4 is 11.8 Å². The summed E-state index contributed by atoms with van der Waals surface area (Å²) in [7, 11) is 0. The highest BCUT2D eigenvalue weighted by molar-refractivity contribution is 7.99. The quantitative estimate of drug-likeness (QED) is 0.821. The normalized spacial score (nSPS) is 28.1. The zero-order chi connectivity index (χ0) is 12.7. The Morgan fingerprint density at radius 3 is 2.59 bits per heavy atom. The molecule has 0 amide bonds. The standard InChI is InChI=1S/C15H22OS/c1-11-5-6-12(2)13(9-11)15(16)10-17-8-7-14(15,3)4/h5-6,9,16H,7-8,10H2,1-4H3. The van der Waals surface area contributed by atoms with E-state index in [0.717, 1.165) is 23.5 Å². The van der Waals surface area contributed by atoms with Gasteiger partial charge in [0.25, 0.3) is 0 Å². The van der Waals surface area contributed by atoms with Crippen LogP contribution in [0.5, 0.6) is 0 Å². The number of hydrogen-bond donors (Lipinski definition) is 1. The van der Waals surface area contributed by atoms with Gasteiger partial charge in [0.05, 0.1) is 0 Å². The third-order valence-electron chi connectivity index (χ3n) is 4.14. The Kier molecular flexibility index (Phi) is 3.30. The van der Waals surface area contributed by atoms with E-state index in [9.17, 15) is 5.11 Å². The Hall–Kier alpha value is -0.470. The summed E-state index contributed by atoms with van der Waals surface area (Å²) in [5.41, 5.74) is 2.82. The average Bonchev–Trinajstić information content (AvgIpc) is 2.26. The number of aliphatic hydroxyl groups is 1. The molecule has 1 aliphatic rings. The van der Waals surface area contributed by atoms with Crippen LogP contribution in [0.4, 0.5) is 0 Å². The number of benzene rings is 1. The Balaban J connectivity index is 2.52. The Bertz CT molecular complexity index is 425. The monoisotopic (exact) mass is 250 g/mol. The molecule has 1 aliphatic heterocycles. The molecule has 1 aromatic carbocycles. The second kappa shape index (κ2) is 4.33. The first-order valence-electron chi connectivity index (χ1n) is 6.25. The zero-order valence-corrected chi connectivity index (χ0v) is 12.0. The fraction of sp³-hybridized carbons (Fsp3) is 0.600. The van der Waals surface area contributed by atoms with E-state index < -0.39 is 5.60 Å². The van der Waals surface area contributed by atoms with E-state index in [1.807, 2.05) is 11.8 Å². The van der Waals surface area contributed by atoms with Crippen molar-refractivity contribution in [2.75, 3.05) is 11.5 Å². The molecule has 0 aromatic heterocycles. The van der Waals surface area contributed by atoms with Crippen LogP contribution in [0.1, 0.15) is 37.0 Å². The second-order valence-electron chi connectivity index (χ2n) is 5.87. The summed E-state index contributed by atoms with van der Waals surface area (Å²) in [5, 5.41) is 11.2. The molecule has 0 bridgehead atoms. The average molecular weight is 250 g/mol. The number of rotatable bonds is 1. The Morgan fingerprint density at radius 2 is 1.94 bits per heavy atom. The SMILES string of the molecule is Cc1ccc(C)c(C2(O)CSCCC2(C)C)c1. The molecule has 0 aliphatic carbocycles. The van der Waals surface area contributed by atoms with Crippen LogP contribution in [0.2, 0.25) is 0 Å². The van der Waals surface area contributed by atoms with E-state index in [4.69, 9.17) is 0 Å². The first-order chi connectivity index (χ1) is 7.87. The maximum absolute atomic E-state index is 11.2.